The average molecular weight is 521 g/mol. The molecule has 2 amide bonds. The molecule has 11 heteroatoms. The first-order valence-electron chi connectivity index (χ1n) is 10.3. The number of sulfonamides is 1. The monoisotopic (exact) mass is 520 g/mol. The number of fused-ring (bicyclic) bond motifs is 1. The molecule has 0 radical (unpaired) electrons. The van der Waals surface area contributed by atoms with Crippen LogP contribution < -0.4 is 20.4 Å². The molecule has 1 aliphatic rings. The van der Waals surface area contributed by atoms with Crippen LogP contribution in [0.2, 0.25) is 10.0 Å². The first-order valence-corrected chi connectivity index (χ1v) is 12.6. The fourth-order valence-corrected chi connectivity index (χ4v) is 5.16. The molecule has 0 saturated carbocycles. The summed E-state index contributed by atoms with van der Waals surface area (Å²) in [6.07, 6.45) is 0. The summed E-state index contributed by atoms with van der Waals surface area (Å²) in [5.74, 6) is 0. The van der Waals surface area contributed by atoms with E-state index in [2.05, 4.69) is 15.4 Å². The van der Waals surface area contributed by atoms with Crippen molar-refractivity contribution in [3.05, 3.63) is 87.4 Å². The molecule has 1 aliphatic heterocycles. The van der Waals surface area contributed by atoms with Crippen molar-refractivity contribution in [2.75, 3.05) is 9.79 Å². The van der Waals surface area contributed by atoms with E-state index in [1.54, 1.807) is 37.3 Å². The van der Waals surface area contributed by atoms with Crippen LogP contribution in [0.25, 0.3) is 0 Å². The number of carbonyl (C=O) groups is 1. The maximum atomic E-state index is 12.8. The normalized spacial score (nSPS) is 13.8. The molecule has 0 spiro atoms. The third-order valence-corrected chi connectivity index (χ3v) is 7.69. The number of nitrogens with one attached hydrogen (secondary N) is 3. The standard InChI is InChI=1S/C23H22Cl2N4O4S/c1-14(20-3-2-4-21(24)22(20)25)27-23(30)29(31)18-7-9-19(10-8-18)34(32,33)28-17-6-5-15-12-26-13-16(15)11-17/h2-11,14,26,28,31H,12-13H2,1H3,(H,27,30)/t14-/m0/s1. The summed E-state index contributed by atoms with van der Waals surface area (Å²) in [6, 6.07) is 14.4. The van der Waals surface area contributed by atoms with Gasteiger partial charge in [0.1, 0.15) is 0 Å². The molecular formula is C23H22Cl2N4O4S. The Morgan fingerprint density at radius 1 is 1.06 bits per heavy atom. The summed E-state index contributed by atoms with van der Waals surface area (Å²) >= 11 is 12.2. The molecule has 0 saturated heterocycles. The second-order valence-corrected chi connectivity index (χ2v) is 10.3. The lowest BCUT2D eigenvalue weighted by Crippen LogP contribution is -2.39. The fourth-order valence-electron chi connectivity index (χ4n) is 3.64. The summed E-state index contributed by atoms with van der Waals surface area (Å²) < 4.78 is 28.1. The van der Waals surface area contributed by atoms with Crippen LogP contribution in [-0.2, 0) is 23.1 Å². The van der Waals surface area contributed by atoms with E-state index in [-0.39, 0.29) is 10.6 Å². The van der Waals surface area contributed by atoms with Gasteiger partial charge in [-0.25, -0.2) is 13.2 Å². The van der Waals surface area contributed by atoms with Crippen LogP contribution in [0.4, 0.5) is 16.2 Å². The topological polar surface area (TPSA) is 111 Å². The van der Waals surface area contributed by atoms with Gasteiger partial charge in [0.15, 0.2) is 0 Å². The number of anilines is 2. The van der Waals surface area contributed by atoms with Gasteiger partial charge in [-0.15, -0.1) is 0 Å². The van der Waals surface area contributed by atoms with Crippen LogP contribution in [0.1, 0.15) is 29.7 Å². The first-order chi connectivity index (χ1) is 16.2. The van der Waals surface area contributed by atoms with Crippen LogP contribution >= 0.6 is 23.2 Å². The second kappa shape index (κ2) is 9.81. The van der Waals surface area contributed by atoms with Gasteiger partial charge in [-0.1, -0.05) is 41.4 Å². The molecule has 34 heavy (non-hydrogen) atoms. The minimum Gasteiger partial charge on any atom is -0.329 e. The molecule has 0 fully saturated rings. The van der Waals surface area contributed by atoms with Crippen molar-refractivity contribution in [3.8, 4) is 0 Å². The minimum absolute atomic E-state index is 0.0113. The highest BCUT2D eigenvalue weighted by atomic mass is 35.5. The molecule has 1 atom stereocenters. The quantitative estimate of drug-likeness (QED) is 0.268. The van der Waals surface area contributed by atoms with Crippen LogP contribution in [0, 0.1) is 0 Å². The lowest BCUT2D eigenvalue weighted by atomic mass is 10.1. The Morgan fingerprint density at radius 3 is 2.50 bits per heavy atom. The van der Waals surface area contributed by atoms with E-state index in [9.17, 15) is 18.4 Å². The molecule has 178 valence electrons. The van der Waals surface area contributed by atoms with Gasteiger partial charge in [0.05, 0.1) is 26.7 Å². The number of hydrogen-bond donors (Lipinski definition) is 4. The number of nitrogens with zero attached hydrogens (tertiary/aromatic N) is 1. The van der Waals surface area contributed by atoms with Gasteiger partial charge in [-0.3, -0.25) is 9.93 Å². The largest absolute Gasteiger partial charge is 0.346 e. The molecule has 0 bridgehead atoms. The lowest BCUT2D eigenvalue weighted by Gasteiger charge is -2.21. The lowest BCUT2D eigenvalue weighted by molar-refractivity contribution is 0.202. The number of carbonyl (C=O) groups excluding carboxylic acids is 1. The number of rotatable bonds is 6. The first kappa shape index (κ1) is 24.3. The van der Waals surface area contributed by atoms with Crippen molar-refractivity contribution >= 4 is 50.6 Å². The molecular weight excluding hydrogens is 499 g/mol. The van der Waals surface area contributed by atoms with Gasteiger partial charge < -0.3 is 10.6 Å². The van der Waals surface area contributed by atoms with Crippen molar-refractivity contribution in [2.45, 2.75) is 31.0 Å². The van der Waals surface area contributed by atoms with Gasteiger partial charge in [-0.2, -0.15) is 5.06 Å². The van der Waals surface area contributed by atoms with E-state index in [1.165, 1.54) is 24.3 Å². The predicted molar refractivity (Wildman–Crippen MR) is 132 cm³/mol. The molecule has 1 heterocycles. The summed E-state index contributed by atoms with van der Waals surface area (Å²) in [6.45, 7) is 3.15. The number of halogens is 2. The van der Waals surface area contributed by atoms with Crippen LogP contribution in [-0.4, -0.2) is 19.7 Å². The number of urea groups is 1. The minimum atomic E-state index is -3.86. The van der Waals surface area contributed by atoms with Gasteiger partial charge in [-0.05, 0) is 66.1 Å². The molecule has 0 aliphatic carbocycles. The highest BCUT2D eigenvalue weighted by molar-refractivity contribution is 7.92. The molecule has 0 aromatic heterocycles. The smallest absolute Gasteiger partial charge is 0.329 e. The zero-order chi connectivity index (χ0) is 24.5. The molecule has 4 rings (SSSR count). The SMILES string of the molecule is C[C@H](NC(=O)N(O)c1ccc(S(=O)(=O)Nc2ccc3c(c2)CNC3)cc1)c1cccc(Cl)c1Cl. The Morgan fingerprint density at radius 2 is 1.76 bits per heavy atom. The Balaban J connectivity index is 1.43. The van der Waals surface area contributed by atoms with Gasteiger partial charge >= 0.3 is 6.03 Å². The Labute approximate surface area is 207 Å². The third kappa shape index (κ3) is 5.13. The van der Waals surface area contributed by atoms with Crippen molar-refractivity contribution in [1.29, 1.82) is 0 Å². The summed E-state index contributed by atoms with van der Waals surface area (Å²) in [5, 5.41) is 17.2. The molecule has 0 unspecified atom stereocenters. The van der Waals surface area contributed by atoms with E-state index in [1.807, 2.05) is 6.07 Å². The Kier molecular flexibility index (Phi) is 7.01. The molecule has 3 aromatic rings. The van der Waals surface area contributed by atoms with E-state index in [0.29, 0.717) is 32.9 Å². The second-order valence-electron chi connectivity index (χ2n) is 7.81. The van der Waals surface area contributed by atoms with E-state index >= 15 is 0 Å². The zero-order valence-corrected chi connectivity index (χ0v) is 20.4. The fraction of sp³-hybridized carbons (Fsp3) is 0.174. The van der Waals surface area contributed by atoms with Crippen LogP contribution in [0.5, 0.6) is 0 Å². The maximum absolute atomic E-state index is 12.8. The summed E-state index contributed by atoms with van der Waals surface area (Å²) in [7, 11) is -3.86. The van der Waals surface area contributed by atoms with Crippen LogP contribution in [0.15, 0.2) is 65.6 Å². The number of hydrogen-bond acceptors (Lipinski definition) is 5. The van der Waals surface area contributed by atoms with Gasteiger partial charge in [0.25, 0.3) is 10.0 Å². The highest BCUT2D eigenvalue weighted by Gasteiger charge is 2.21. The van der Waals surface area contributed by atoms with Crippen molar-refractivity contribution < 1.29 is 18.4 Å². The van der Waals surface area contributed by atoms with Crippen molar-refractivity contribution in [1.82, 2.24) is 10.6 Å². The molecule has 8 nitrogen and oxygen atoms in total. The zero-order valence-electron chi connectivity index (χ0n) is 18.0. The highest BCUT2D eigenvalue weighted by Crippen LogP contribution is 2.30. The third-order valence-electron chi connectivity index (χ3n) is 5.46. The molecule has 4 N–H and O–H groups in total. The summed E-state index contributed by atoms with van der Waals surface area (Å²) in [4.78, 5) is 12.5. The predicted octanol–water partition coefficient (Wildman–Crippen LogP) is 5.06. The molecule has 3 aromatic carbocycles. The Hall–Kier alpha value is -2.82. The maximum Gasteiger partial charge on any atom is 0.346 e. The van der Waals surface area contributed by atoms with E-state index < -0.39 is 22.1 Å². The summed E-state index contributed by atoms with van der Waals surface area (Å²) in [5.41, 5.74) is 3.32. The van der Waals surface area contributed by atoms with Crippen molar-refractivity contribution in [3.63, 3.8) is 0 Å². The Bertz CT molecular complexity index is 1330. The average Bonchev–Trinajstić information content (AvgIpc) is 3.28. The van der Waals surface area contributed by atoms with E-state index in [0.717, 1.165) is 17.7 Å². The number of amides is 2. The number of hydroxylamine groups is 1. The van der Waals surface area contributed by atoms with Gasteiger partial charge in [0.2, 0.25) is 0 Å². The van der Waals surface area contributed by atoms with Crippen molar-refractivity contribution in [2.24, 2.45) is 0 Å². The van der Waals surface area contributed by atoms with E-state index in [4.69, 9.17) is 23.2 Å². The van der Waals surface area contributed by atoms with Gasteiger partial charge in [0, 0.05) is 18.8 Å². The van der Waals surface area contributed by atoms with Crippen LogP contribution in [0.3, 0.4) is 0 Å². The number of benzene rings is 3.